The van der Waals surface area contributed by atoms with Gasteiger partial charge in [0.1, 0.15) is 0 Å². The molecule has 2 N–H and O–H groups in total. The van der Waals surface area contributed by atoms with E-state index in [1.54, 1.807) is 0 Å². The number of aryl methyl sites for hydroxylation is 2. The van der Waals surface area contributed by atoms with Crippen molar-refractivity contribution in [3.05, 3.63) is 17.5 Å². The molecule has 0 bridgehead atoms. The molecule has 2 rings (SSSR count). The highest BCUT2D eigenvalue weighted by Gasteiger charge is 2.42. The Kier molecular flexibility index (Phi) is 3.71. The number of aliphatic carboxylic acids is 1. The number of nitrogens with one attached hydrogen (secondary N) is 1. The summed E-state index contributed by atoms with van der Waals surface area (Å²) in [7, 11) is 0. The second-order valence-corrected chi connectivity index (χ2v) is 4.99. The number of carbonyl (C=O) groups is 1. The molecule has 5 heteroatoms. The summed E-state index contributed by atoms with van der Waals surface area (Å²) in [5, 5.41) is 17.1. The summed E-state index contributed by atoms with van der Waals surface area (Å²) >= 11 is 0. The molecule has 0 saturated carbocycles. The molecule has 5 nitrogen and oxygen atoms in total. The van der Waals surface area contributed by atoms with E-state index >= 15 is 0 Å². The van der Waals surface area contributed by atoms with Gasteiger partial charge in [-0.1, -0.05) is 6.92 Å². The summed E-state index contributed by atoms with van der Waals surface area (Å²) in [6.07, 6.45) is 2.15. The highest BCUT2D eigenvalue weighted by atomic mass is 16.4. The van der Waals surface area contributed by atoms with Crippen molar-refractivity contribution in [1.82, 2.24) is 15.1 Å². The molecule has 1 aliphatic rings. The summed E-state index contributed by atoms with van der Waals surface area (Å²) < 4.78 is 1.93. The van der Waals surface area contributed by atoms with Crippen molar-refractivity contribution in [2.45, 2.75) is 39.7 Å². The van der Waals surface area contributed by atoms with E-state index in [1.165, 1.54) is 0 Å². The molecule has 1 aromatic heterocycles. The highest BCUT2D eigenvalue weighted by Crippen LogP contribution is 2.30. The third-order valence-corrected chi connectivity index (χ3v) is 3.79. The summed E-state index contributed by atoms with van der Waals surface area (Å²) in [5.41, 5.74) is 1.43. The summed E-state index contributed by atoms with van der Waals surface area (Å²) in [4.78, 5) is 11.5. The Hall–Kier alpha value is -1.36. The van der Waals surface area contributed by atoms with E-state index in [9.17, 15) is 9.90 Å². The van der Waals surface area contributed by atoms with Gasteiger partial charge in [0.25, 0.3) is 0 Å². The molecular formula is C13H21N3O2. The van der Waals surface area contributed by atoms with Gasteiger partial charge < -0.3 is 10.4 Å². The van der Waals surface area contributed by atoms with E-state index in [0.717, 1.165) is 30.9 Å². The minimum atomic E-state index is -0.700. The zero-order valence-corrected chi connectivity index (χ0v) is 11.1. The van der Waals surface area contributed by atoms with Crippen LogP contribution in [0.4, 0.5) is 0 Å². The Labute approximate surface area is 107 Å². The largest absolute Gasteiger partial charge is 0.481 e. The van der Waals surface area contributed by atoms with Crippen LogP contribution in [0.2, 0.25) is 0 Å². The van der Waals surface area contributed by atoms with Gasteiger partial charge in [0, 0.05) is 25.2 Å². The molecule has 1 saturated heterocycles. The first-order valence-electron chi connectivity index (χ1n) is 6.61. The Morgan fingerprint density at radius 1 is 1.61 bits per heavy atom. The fraction of sp³-hybridized carbons (Fsp3) is 0.692. The standard InChI is InChI=1S/C13H21N3O2/c1-3-10-7-11(16(4-2)15-10)8-13(12(17)18)5-6-14-9-13/h7,14H,3-6,8-9H2,1-2H3,(H,17,18). The van der Waals surface area contributed by atoms with Crippen LogP contribution in [0.5, 0.6) is 0 Å². The van der Waals surface area contributed by atoms with Crippen LogP contribution in [0.15, 0.2) is 6.07 Å². The molecule has 18 heavy (non-hydrogen) atoms. The number of aromatic nitrogens is 2. The average molecular weight is 251 g/mol. The van der Waals surface area contributed by atoms with Crippen molar-refractivity contribution in [3.8, 4) is 0 Å². The van der Waals surface area contributed by atoms with Gasteiger partial charge in [-0.3, -0.25) is 9.48 Å². The highest BCUT2D eigenvalue weighted by molar-refractivity contribution is 5.75. The van der Waals surface area contributed by atoms with E-state index in [-0.39, 0.29) is 0 Å². The predicted octanol–water partition coefficient (Wildman–Crippen LogP) is 1.07. The van der Waals surface area contributed by atoms with Crippen LogP contribution in [0.3, 0.4) is 0 Å². The average Bonchev–Trinajstić information content (AvgIpc) is 2.97. The third-order valence-electron chi connectivity index (χ3n) is 3.79. The van der Waals surface area contributed by atoms with Crippen molar-refractivity contribution in [1.29, 1.82) is 0 Å². The monoisotopic (exact) mass is 251 g/mol. The van der Waals surface area contributed by atoms with Gasteiger partial charge in [-0.2, -0.15) is 5.10 Å². The maximum absolute atomic E-state index is 11.5. The van der Waals surface area contributed by atoms with Crippen LogP contribution < -0.4 is 5.32 Å². The SMILES string of the molecule is CCc1cc(CC2(C(=O)O)CCNC2)n(CC)n1. The number of rotatable bonds is 5. The maximum atomic E-state index is 11.5. The number of carboxylic acids is 1. The van der Waals surface area contributed by atoms with Gasteiger partial charge in [-0.15, -0.1) is 0 Å². The summed E-state index contributed by atoms with van der Waals surface area (Å²) in [6, 6.07) is 2.05. The lowest BCUT2D eigenvalue weighted by Crippen LogP contribution is -2.36. The van der Waals surface area contributed by atoms with E-state index in [0.29, 0.717) is 19.4 Å². The molecule has 1 fully saturated rings. The Morgan fingerprint density at radius 2 is 2.39 bits per heavy atom. The molecule has 0 amide bonds. The van der Waals surface area contributed by atoms with E-state index in [2.05, 4.69) is 17.3 Å². The first kappa shape index (κ1) is 13.1. The van der Waals surface area contributed by atoms with Crippen molar-refractivity contribution in [2.24, 2.45) is 5.41 Å². The molecule has 100 valence electrons. The number of carboxylic acid groups (broad SMARTS) is 1. The molecule has 1 aromatic rings. The zero-order valence-electron chi connectivity index (χ0n) is 11.1. The Morgan fingerprint density at radius 3 is 2.89 bits per heavy atom. The van der Waals surface area contributed by atoms with Gasteiger partial charge in [0.2, 0.25) is 0 Å². The van der Waals surface area contributed by atoms with Gasteiger partial charge in [0.15, 0.2) is 0 Å². The Balaban J connectivity index is 2.26. The van der Waals surface area contributed by atoms with Crippen LogP contribution in [-0.2, 0) is 24.2 Å². The molecule has 0 radical (unpaired) electrons. The second kappa shape index (κ2) is 5.10. The van der Waals surface area contributed by atoms with Crippen molar-refractivity contribution < 1.29 is 9.90 Å². The maximum Gasteiger partial charge on any atom is 0.311 e. The predicted molar refractivity (Wildman–Crippen MR) is 68.5 cm³/mol. The Bertz CT molecular complexity index is 433. The molecule has 2 heterocycles. The van der Waals surface area contributed by atoms with E-state index in [4.69, 9.17) is 0 Å². The van der Waals surface area contributed by atoms with Crippen LogP contribution in [-0.4, -0.2) is 33.9 Å². The van der Waals surface area contributed by atoms with E-state index in [1.807, 2.05) is 17.7 Å². The zero-order chi connectivity index (χ0) is 13.2. The van der Waals surface area contributed by atoms with Gasteiger partial charge >= 0.3 is 5.97 Å². The van der Waals surface area contributed by atoms with Crippen LogP contribution in [0.1, 0.15) is 31.7 Å². The molecular weight excluding hydrogens is 230 g/mol. The van der Waals surface area contributed by atoms with Gasteiger partial charge in [-0.05, 0) is 32.4 Å². The lowest BCUT2D eigenvalue weighted by Gasteiger charge is -2.23. The molecule has 1 aliphatic heterocycles. The second-order valence-electron chi connectivity index (χ2n) is 4.99. The minimum absolute atomic E-state index is 0.554. The quantitative estimate of drug-likeness (QED) is 0.821. The normalized spacial score (nSPS) is 23.4. The van der Waals surface area contributed by atoms with Crippen molar-refractivity contribution >= 4 is 5.97 Å². The van der Waals surface area contributed by atoms with Crippen molar-refractivity contribution in [2.75, 3.05) is 13.1 Å². The topological polar surface area (TPSA) is 67.2 Å². The number of hydrogen-bond acceptors (Lipinski definition) is 3. The fourth-order valence-corrected chi connectivity index (χ4v) is 2.60. The third kappa shape index (κ3) is 2.27. The van der Waals surface area contributed by atoms with Crippen LogP contribution in [0.25, 0.3) is 0 Å². The lowest BCUT2D eigenvalue weighted by atomic mass is 9.82. The molecule has 0 aliphatic carbocycles. The molecule has 0 spiro atoms. The smallest absolute Gasteiger partial charge is 0.311 e. The fourth-order valence-electron chi connectivity index (χ4n) is 2.60. The summed E-state index contributed by atoms with van der Waals surface area (Å²) in [5.74, 6) is -0.700. The van der Waals surface area contributed by atoms with Crippen molar-refractivity contribution in [3.63, 3.8) is 0 Å². The first-order valence-corrected chi connectivity index (χ1v) is 6.61. The van der Waals surface area contributed by atoms with Crippen LogP contribution in [0, 0.1) is 5.41 Å². The lowest BCUT2D eigenvalue weighted by molar-refractivity contribution is -0.147. The molecule has 1 unspecified atom stereocenters. The first-order chi connectivity index (χ1) is 8.61. The molecule has 0 aromatic carbocycles. The van der Waals surface area contributed by atoms with Gasteiger partial charge in [-0.25, -0.2) is 0 Å². The van der Waals surface area contributed by atoms with Crippen LogP contribution >= 0.6 is 0 Å². The van der Waals surface area contributed by atoms with E-state index < -0.39 is 11.4 Å². The summed E-state index contributed by atoms with van der Waals surface area (Å²) in [6.45, 7) is 6.23. The number of nitrogens with zero attached hydrogens (tertiary/aromatic N) is 2. The van der Waals surface area contributed by atoms with Gasteiger partial charge in [0.05, 0.1) is 11.1 Å². The molecule has 1 atom stereocenters. The minimum Gasteiger partial charge on any atom is -0.481 e. The number of hydrogen-bond donors (Lipinski definition) is 2.